The van der Waals surface area contributed by atoms with Crippen LogP contribution in [0.5, 0.6) is 0 Å². The van der Waals surface area contributed by atoms with Gasteiger partial charge in [0, 0.05) is 18.2 Å². The van der Waals surface area contributed by atoms with Gasteiger partial charge in [0.25, 0.3) is 0 Å². The van der Waals surface area contributed by atoms with Gasteiger partial charge in [0.15, 0.2) is 0 Å². The Morgan fingerprint density at radius 2 is 2.26 bits per heavy atom. The van der Waals surface area contributed by atoms with Gasteiger partial charge in [0.1, 0.15) is 5.82 Å². The second-order valence-electron chi connectivity index (χ2n) is 4.82. The third-order valence-corrected chi connectivity index (χ3v) is 3.49. The normalized spacial score (nSPS) is 19.6. The van der Waals surface area contributed by atoms with E-state index in [1.807, 2.05) is 4.90 Å². The highest BCUT2D eigenvalue weighted by Gasteiger charge is 2.25. The van der Waals surface area contributed by atoms with Crippen molar-refractivity contribution in [2.45, 2.75) is 25.4 Å². The van der Waals surface area contributed by atoms with E-state index in [-0.39, 0.29) is 37.5 Å². The van der Waals surface area contributed by atoms with Gasteiger partial charge in [-0.15, -0.1) is 0 Å². The third-order valence-electron chi connectivity index (χ3n) is 3.49. The van der Waals surface area contributed by atoms with Crippen LogP contribution >= 0.6 is 0 Å². The summed E-state index contributed by atoms with van der Waals surface area (Å²) < 4.78 is 13.4. The molecular weight excluding hydrogens is 247 g/mol. The molecule has 0 radical (unpaired) electrons. The highest BCUT2D eigenvalue weighted by molar-refractivity contribution is 5.78. The smallest absolute Gasteiger partial charge is 0.234 e. The van der Waals surface area contributed by atoms with E-state index in [9.17, 15) is 14.3 Å². The van der Waals surface area contributed by atoms with Crippen LogP contribution in [0.3, 0.4) is 0 Å². The van der Waals surface area contributed by atoms with Gasteiger partial charge in [-0.05, 0) is 25.5 Å². The first-order chi connectivity index (χ1) is 9.20. The molecule has 5 heteroatoms. The van der Waals surface area contributed by atoms with E-state index in [0.717, 1.165) is 19.4 Å². The average Bonchev–Trinajstić information content (AvgIpc) is 2.85. The molecule has 0 unspecified atom stereocenters. The molecular formula is C14H19FN2O2. The Morgan fingerprint density at radius 3 is 3.00 bits per heavy atom. The van der Waals surface area contributed by atoms with E-state index >= 15 is 0 Å². The molecule has 1 amide bonds. The van der Waals surface area contributed by atoms with Crippen molar-refractivity contribution in [3.05, 3.63) is 35.6 Å². The molecule has 1 fully saturated rings. The van der Waals surface area contributed by atoms with E-state index in [1.54, 1.807) is 18.2 Å². The molecule has 1 aliphatic heterocycles. The maximum atomic E-state index is 13.4. The van der Waals surface area contributed by atoms with Gasteiger partial charge < -0.3 is 10.4 Å². The molecule has 104 valence electrons. The van der Waals surface area contributed by atoms with Crippen LogP contribution in [-0.4, -0.2) is 41.7 Å². The SMILES string of the molecule is O=C(CN1CCC[C@@H]1CO)NCc1ccccc1F. The van der Waals surface area contributed by atoms with Crippen molar-refractivity contribution in [2.75, 3.05) is 19.7 Å². The Hall–Kier alpha value is -1.46. The molecule has 1 aromatic carbocycles. The zero-order valence-electron chi connectivity index (χ0n) is 10.8. The molecule has 1 heterocycles. The lowest BCUT2D eigenvalue weighted by Gasteiger charge is -2.21. The van der Waals surface area contributed by atoms with E-state index < -0.39 is 0 Å². The number of nitrogens with zero attached hydrogens (tertiary/aromatic N) is 1. The van der Waals surface area contributed by atoms with E-state index in [0.29, 0.717) is 5.56 Å². The molecule has 1 aliphatic rings. The summed E-state index contributed by atoms with van der Waals surface area (Å²) in [6.45, 7) is 1.38. The Morgan fingerprint density at radius 1 is 1.47 bits per heavy atom. The molecule has 0 aliphatic carbocycles. The summed E-state index contributed by atoms with van der Waals surface area (Å²) in [6.07, 6.45) is 1.93. The zero-order chi connectivity index (χ0) is 13.7. The third kappa shape index (κ3) is 3.75. The van der Waals surface area contributed by atoms with Crippen LogP contribution in [-0.2, 0) is 11.3 Å². The van der Waals surface area contributed by atoms with Crippen LogP contribution in [0.2, 0.25) is 0 Å². The maximum Gasteiger partial charge on any atom is 0.234 e. The Labute approximate surface area is 112 Å². The summed E-state index contributed by atoms with van der Waals surface area (Å²) >= 11 is 0. The second kappa shape index (κ2) is 6.63. The van der Waals surface area contributed by atoms with Gasteiger partial charge >= 0.3 is 0 Å². The lowest BCUT2D eigenvalue weighted by atomic mass is 10.2. The van der Waals surface area contributed by atoms with Crippen molar-refractivity contribution < 1.29 is 14.3 Å². The first-order valence-electron chi connectivity index (χ1n) is 6.55. The number of benzene rings is 1. The predicted molar refractivity (Wildman–Crippen MR) is 69.9 cm³/mol. The summed E-state index contributed by atoms with van der Waals surface area (Å²) in [5, 5.41) is 11.9. The van der Waals surface area contributed by atoms with Gasteiger partial charge in [-0.1, -0.05) is 18.2 Å². The molecule has 1 atom stereocenters. The summed E-state index contributed by atoms with van der Waals surface area (Å²) in [5.41, 5.74) is 0.482. The van der Waals surface area contributed by atoms with Gasteiger partial charge in [-0.25, -0.2) is 4.39 Å². The predicted octanol–water partition coefficient (Wildman–Crippen LogP) is 0.899. The van der Waals surface area contributed by atoms with Crippen molar-refractivity contribution in [2.24, 2.45) is 0 Å². The second-order valence-corrected chi connectivity index (χ2v) is 4.82. The molecule has 0 aromatic heterocycles. The number of carbonyl (C=O) groups is 1. The van der Waals surface area contributed by atoms with Crippen LogP contribution in [0.4, 0.5) is 4.39 Å². The zero-order valence-corrected chi connectivity index (χ0v) is 10.8. The standard InChI is InChI=1S/C14H19FN2O2/c15-13-6-2-1-4-11(13)8-16-14(19)9-17-7-3-5-12(17)10-18/h1-2,4,6,12,18H,3,5,7-10H2,(H,16,19)/t12-/m1/s1. The molecule has 19 heavy (non-hydrogen) atoms. The Balaban J connectivity index is 1.80. The number of aliphatic hydroxyl groups excluding tert-OH is 1. The summed E-state index contributed by atoms with van der Waals surface area (Å²) in [5.74, 6) is -0.444. The van der Waals surface area contributed by atoms with Crippen molar-refractivity contribution in [1.29, 1.82) is 0 Å². The minimum atomic E-state index is -0.308. The number of halogens is 1. The lowest BCUT2D eigenvalue weighted by Crippen LogP contribution is -2.41. The maximum absolute atomic E-state index is 13.4. The number of rotatable bonds is 5. The number of nitrogens with one attached hydrogen (secondary N) is 1. The topological polar surface area (TPSA) is 52.6 Å². The highest BCUT2D eigenvalue weighted by atomic mass is 19.1. The molecule has 1 saturated heterocycles. The molecule has 1 aromatic rings. The van der Waals surface area contributed by atoms with Crippen molar-refractivity contribution in [1.82, 2.24) is 10.2 Å². The fraction of sp³-hybridized carbons (Fsp3) is 0.500. The molecule has 0 spiro atoms. The number of hydrogen-bond donors (Lipinski definition) is 2. The number of aliphatic hydroxyl groups is 1. The summed E-state index contributed by atoms with van der Waals surface area (Å²) in [4.78, 5) is 13.8. The van der Waals surface area contributed by atoms with Crippen LogP contribution in [0.25, 0.3) is 0 Å². The van der Waals surface area contributed by atoms with Gasteiger partial charge in [-0.3, -0.25) is 9.69 Å². The van der Waals surface area contributed by atoms with Crippen LogP contribution in [0.15, 0.2) is 24.3 Å². The van der Waals surface area contributed by atoms with Crippen LogP contribution < -0.4 is 5.32 Å². The van der Waals surface area contributed by atoms with Crippen LogP contribution in [0, 0.1) is 5.82 Å². The molecule has 4 nitrogen and oxygen atoms in total. The van der Waals surface area contributed by atoms with E-state index in [1.165, 1.54) is 6.07 Å². The van der Waals surface area contributed by atoms with Gasteiger partial charge in [0.2, 0.25) is 5.91 Å². The largest absolute Gasteiger partial charge is 0.395 e. The Kier molecular flexibility index (Phi) is 4.87. The lowest BCUT2D eigenvalue weighted by molar-refractivity contribution is -0.122. The average molecular weight is 266 g/mol. The van der Waals surface area contributed by atoms with E-state index in [4.69, 9.17) is 0 Å². The van der Waals surface area contributed by atoms with Crippen molar-refractivity contribution >= 4 is 5.91 Å². The molecule has 0 saturated carbocycles. The quantitative estimate of drug-likeness (QED) is 0.832. The number of amides is 1. The summed E-state index contributed by atoms with van der Waals surface area (Å²) in [6, 6.07) is 6.48. The number of hydrogen-bond acceptors (Lipinski definition) is 3. The molecule has 0 bridgehead atoms. The Bertz CT molecular complexity index is 439. The first-order valence-corrected chi connectivity index (χ1v) is 6.55. The molecule has 2 rings (SSSR count). The first kappa shape index (κ1) is 14.0. The fourth-order valence-corrected chi connectivity index (χ4v) is 2.39. The van der Waals surface area contributed by atoms with Crippen molar-refractivity contribution in [3.63, 3.8) is 0 Å². The van der Waals surface area contributed by atoms with Crippen molar-refractivity contribution in [3.8, 4) is 0 Å². The number of carbonyl (C=O) groups excluding carboxylic acids is 1. The molecule has 2 N–H and O–H groups in total. The minimum Gasteiger partial charge on any atom is -0.395 e. The fourth-order valence-electron chi connectivity index (χ4n) is 2.39. The minimum absolute atomic E-state index is 0.0826. The monoisotopic (exact) mass is 266 g/mol. The van der Waals surface area contributed by atoms with Gasteiger partial charge in [-0.2, -0.15) is 0 Å². The summed E-state index contributed by atoms with van der Waals surface area (Å²) in [7, 11) is 0. The number of likely N-dealkylation sites (tertiary alicyclic amines) is 1. The highest BCUT2D eigenvalue weighted by Crippen LogP contribution is 2.15. The van der Waals surface area contributed by atoms with E-state index in [2.05, 4.69) is 5.32 Å². The van der Waals surface area contributed by atoms with Crippen LogP contribution in [0.1, 0.15) is 18.4 Å². The van der Waals surface area contributed by atoms with Gasteiger partial charge in [0.05, 0.1) is 13.2 Å².